The van der Waals surface area contributed by atoms with Crippen LogP contribution in [0.4, 0.5) is 0 Å². The van der Waals surface area contributed by atoms with E-state index in [-0.39, 0.29) is 48.3 Å². The fourth-order valence-corrected chi connectivity index (χ4v) is 0. The smallest absolute Gasteiger partial charge is 1.00 e. The van der Waals surface area contributed by atoms with Gasteiger partial charge in [-0.3, -0.25) is 54.6 Å². The predicted octanol–water partition coefficient (Wildman–Crippen LogP) is -7.98. The summed E-state index contributed by atoms with van der Waals surface area (Å²) in [7, 11) is -28.0. The second-order valence-electron chi connectivity index (χ2n) is 2.69. The summed E-state index contributed by atoms with van der Waals surface area (Å²) < 4.78 is 190. The molecule has 0 spiro atoms. The average molecular weight is 642 g/mol. The summed E-state index contributed by atoms with van der Waals surface area (Å²) in [5.41, 5.74) is 0. The summed E-state index contributed by atoms with van der Waals surface area (Å²) in [4.78, 5) is 0. The van der Waals surface area contributed by atoms with E-state index in [9.17, 15) is 0 Å². The zero-order valence-electron chi connectivity index (χ0n) is 14.7. The second kappa shape index (κ2) is 22.2. The van der Waals surface area contributed by atoms with Crippen LogP contribution in [-0.2, 0) is 62.4 Å². The van der Waals surface area contributed by atoms with E-state index in [0.29, 0.717) is 0 Å². The molecule has 0 heterocycles. The van der Waals surface area contributed by atoms with Crippen LogP contribution >= 0.6 is 0 Å². The summed E-state index contributed by atoms with van der Waals surface area (Å²) in [5.74, 6) is 0. The first-order valence-electron chi connectivity index (χ1n) is 4.19. The minimum absolute atomic E-state index is 0. The van der Waals surface area contributed by atoms with E-state index in [1.54, 1.807) is 0 Å². The van der Waals surface area contributed by atoms with Crippen molar-refractivity contribution >= 4 is 79.8 Å². The maximum absolute atomic E-state index is 8.74. The van der Waals surface area contributed by atoms with Gasteiger partial charge in [-0.1, -0.05) is 0 Å². The van der Waals surface area contributed by atoms with Gasteiger partial charge in [0.2, 0.25) is 0 Å². The number of hydrogen-bond acceptors (Lipinski definition) is 12. The van der Waals surface area contributed by atoms with Crippen molar-refractivity contribution in [1.82, 2.24) is 0 Å². The first-order chi connectivity index (χ1) is 12.0. The van der Waals surface area contributed by atoms with E-state index in [1.807, 2.05) is 0 Å². The van der Waals surface area contributed by atoms with Crippen LogP contribution in [0.2, 0.25) is 0 Å². The predicted molar refractivity (Wildman–Crippen MR) is 96.1 cm³/mol. The largest absolute Gasteiger partial charge is 1.00 e. The van der Waals surface area contributed by atoms with Crippen LogP contribution < -0.4 is 29.6 Å². The fourth-order valence-electron chi connectivity index (χ4n) is 0. The molecule has 0 aromatic heterocycles. The molecule has 0 aliphatic heterocycles. The van der Waals surface area contributed by atoms with Gasteiger partial charge in [0.15, 0.2) is 17.4 Å². The van der Waals surface area contributed by atoms with Gasteiger partial charge >= 0.3 is 92.0 Å². The molecular weight excluding hydrogens is 626 g/mol. The Morgan fingerprint density at radius 1 is 0.281 bits per heavy atom. The maximum Gasteiger partial charge on any atom is 1.00 e. The van der Waals surface area contributed by atoms with Gasteiger partial charge in [0.1, 0.15) is 0 Å². The maximum atomic E-state index is 8.74. The Morgan fingerprint density at radius 2 is 0.281 bits per heavy atom. The van der Waals surface area contributed by atoms with Crippen LogP contribution in [0, 0.1) is 0 Å². The average Bonchev–Trinajstić information content (AvgIpc) is 1.94. The number of rotatable bonds is 0. The Labute approximate surface area is 214 Å². The van der Waals surface area contributed by atoms with Gasteiger partial charge in [-0.05, 0) is 0 Å². The van der Waals surface area contributed by atoms with Gasteiger partial charge in [0.25, 0.3) is 0 Å². The molecule has 0 saturated heterocycles. The SMILES string of the molecule is O=S(=O)(O)O.O=S(=O)(O)O.O=S(=O)(O)O.O=S(=O)(O)O.O=S(=O)(O)O.O=S(=O)(O)O.[AlH3].[H-].[Na+]. The molecule has 0 bridgehead atoms. The van der Waals surface area contributed by atoms with Crippen LogP contribution in [-0.4, -0.2) is 123 Å². The fraction of sp³-hybridized carbons (Fsp3) is 0. The molecular formula is H16AlNaO24S6. The first-order valence-corrected chi connectivity index (χ1v) is 12.6. The molecule has 0 aromatic carbocycles. The van der Waals surface area contributed by atoms with Crippen LogP contribution in [0.1, 0.15) is 1.43 Å². The molecule has 0 unspecified atom stereocenters. The van der Waals surface area contributed by atoms with Crippen molar-refractivity contribution in [3.8, 4) is 0 Å². The van der Waals surface area contributed by atoms with Crippen molar-refractivity contribution in [2.75, 3.05) is 0 Å². The van der Waals surface area contributed by atoms with Crippen molar-refractivity contribution in [3.63, 3.8) is 0 Å². The van der Waals surface area contributed by atoms with Gasteiger partial charge in [0, 0.05) is 0 Å². The molecule has 0 aliphatic carbocycles. The standard InChI is InChI=1S/Al.Na.6H2O4S.4H/c;;6*1-5(2,3)4;;;;/h;;6*(H2,1,2,3,4);;;;/q;+1;;;;;;;;;;-1. The zero-order chi connectivity index (χ0) is 27.0. The summed E-state index contributed by atoms with van der Waals surface area (Å²) in [5, 5.41) is 0. The Balaban J connectivity index is -0.0000000294. The molecule has 0 saturated carbocycles. The van der Waals surface area contributed by atoms with Crippen LogP contribution in [0.3, 0.4) is 0 Å². The van der Waals surface area contributed by atoms with Crippen molar-refractivity contribution in [3.05, 3.63) is 0 Å². The van der Waals surface area contributed by atoms with Crippen LogP contribution in [0.5, 0.6) is 0 Å². The van der Waals surface area contributed by atoms with Gasteiger partial charge in [-0.2, -0.15) is 50.5 Å². The van der Waals surface area contributed by atoms with Gasteiger partial charge < -0.3 is 1.43 Å². The molecule has 200 valence electrons. The van der Waals surface area contributed by atoms with Gasteiger partial charge in [-0.15, -0.1) is 0 Å². The van der Waals surface area contributed by atoms with E-state index in [0.717, 1.165) is 0 Å². The van der Waals surface area contributed by atoms with Crippen LogP contribution in [0.15, 0.2) is 0 Å². The molecule has 0 radical (unpaired) electrons. The van der Waals surface area contributed by atoms with E-state index < -0.39 is 62.4 Å². The van der Waals surface area contributed by atoms with E-state index in [1.165, 1.54) is 0 Å². The third-order valence-electron chi connectivity index (χ3n) is 0. The van der Waals surface area contributed by atoms with Crippen molar-refractivity contribution < 1.29 is 136 Å². The molecule has 32 heavy (non-hydrogen) atoms. The molecule has 0 amide bonds. The third kappa shape index (κ3) is 48100. The Bertz CT molecular complexity index is 773. The van der Waals surface area contributed by atoms with Gasteiger partial charge in [0.05, 0.1) is 0 Å². The monoisotopic (exact) mass is 642 g/mol. The minimum Gasteiger partial charge on any atom is -1.00 e. The van der Waals surface area contributed by atoms with Crippen molar-refractivity contribution in [2.45, 2.75) is 0 Å². The van der Waals surface area contributed by atoms with Gasteiger partial charge in [-0.25, -0.2) is 0 Å². The normalized spacial score (nSPS) is 10.9. The Kier molecular flexibility index (Phi) is 37.4. The molecule has 0 aromatic rings. The summed E-state index contributed by atoms with van der Waals surface area (Å²) in [6.45, 7) is 0. The second-order valence-corrected chi connectivity index (χ2v) is 8.06. The van der Waals surface area contributed by atoms with Crippen molar-refractivity contribution in [2.24, 2.45) is 0 Å². The van der Waals surface area contributed by atoms with Crippen molar-refractivity contribution in [1.29, 1.82) is 0 Å². The van der Waals surface area contributed by atoms with Crippen LogP contribution in [0.25, 0.3) is 0 Å². The molecule has 0 atom stereocenters. The molecule has 32 heteroatoms. The number of hydrogen-bond donors (Lipinski definition) is 12. The molecule has 24 nitrogen and oxygen atoms in total. The zero-order valence-corrected chi connectivity index (χ0v) is 20.6. The van der Waals surface area contributed by atoms with E-state index in [4.69, 9.17) is 105 Å². The third-order valence-corrected chi connectivity index (χ3v) is 0. The summed E-state index contributed by atoms with van der Waals surface area (Å²) in [6, 6.07) is 0. The topological polar surface area (TPSA) is 448 Å². The minimum atomic E-state index is -4.67. The molecule has 0 fully saturated rings. The summed E-state index contributed by atoms with van der Waals surface area (Å²) in [6.07, 6.45) is 0. The molecule has 0 rings (SSSR count). The quantitative estimate of drug-likeness (QED) is 0.0861. The van der Waals surface area contributed by atoms with E-state index >= 15 is 0 Å². The first kappa shape index (κ1) is 53.9. The Hall–Kier alpha value is 0.752. The summed E-state index contributed by atoms with van der Waals surface area (Å²) >= 11 is 0. The molecule has 12 N–H and O–H groups in total. The van der Waals surface area contributed by atoms with E-state index in [2.05, 4.69) is 0 Å². The Morgan fingerprint density at radius 3 is 0.281 bits per heavy atom. The molecule has 0 aliphatic rings.